The first-order chi connectivity index (χ1) is 11.9. The average Bonchev–Trinajstić information content (AvgIpc) is 3.01. The van der Waals surface area contributed by atoms with Gasteiger partial charge in [0.2, 0.25) is 5.89 Å². The van der Waals surface area contributed by atoms with Gasteiger partial charge in [-0.1, -0.05) is 0 Å². The lowest BCUT2D eigenvalue weighted by Crippen LogP contribution is -2.24. The number of benzene rings is 1. The molecule has 3 N–H and O–H groups in total. The number of nitrogens with one attached hydrogen (secondary N) is 1. The zero-order chi connectivity index (χ0) is 19.7. The molecule has 0 aliphatic carbocycles. The van der Waals surface area contributed by atoms with Crippen LogP contribution >= 0.6 is 0 Å². The fourth-order valence-electron chi connectivity index (χ4n) is 2.00. The number of carbonyl (C=O) groups excluding carboxylic acids is 1. The molecule has 0 radical (unpaired) electrons. The van der Waals surface area contributed by atoms with Gasteiger partial charge in [0.05, 0.1) is 17.2 Å². The first-order valence-corrected chi connectivity index (χ1v) is 7.15. The fraction of sp³-hybridized carbons (Fsp3) is 0.333. The van der Waals surface area contributed by atoms with E-state index in [4.69, 9.17) is 10.2 Å². The van der Waals surface area contributed by atoms with Crippen molar-refractivity contribution in [2.75, 3.05) is 0 Å². The normalized spacial score (nSPS) is 13.5. The summed E-state index contributed by atoms with van der Waals surface area (Å²) in [5.74, 6) is -0.764. The number of halogens is 6. The lowest BCUT2D eigenvalue weighted by molar-refractivity contribution is -0.143. The van der Waals surface area contributed by atoms with E-state index in [-0.39, 0.29) is 23.2 Å². The van der Waals surface area contributed by atoms with Gasteiger partial charge in [-0.05, 0) is 30.7 Å². The molecule has 2 rings (SSSR count). The monoisotopic (exact) mass is 381 g/mol. The van der Waals surface area contributed by atoms with Crippen LogP contribution in [-0.4, -0.2) is 10.9 Å². The van der Waals surface area contributed by atoms with E-state index >= 15 is 0 Å². The van der Waals surface area contributed by atoms with Gasteiger partial charge in [0.15, 0.2) is 5.69 Å². The van der Waals surface area contributed by atoms with Crippen molar-refractivity contribution < 1.29 is 35.6 Å². The molecular weight excluding hydrogens is 368 g/mol. The Labute approximate surface area is 143 Å². The van der Waals surface area contributed by atoms with Crippen LogP contribution in [0.15, 0.2) is 28.9 Å². The minimum atomic E-state index is -4.96. The van der Waals surface area contributed by atoms with Gasteiger partial charge in [0, 0.05) is 6.54 Å². The van der Waals surface area contributed by atoms with E-state index in [1.165, 1.54) is 0 Å². The van der Waals surface area contributed by atoms with Gasteiger partial charge in [-0.2, -0.15) is 26.3 Å². The number of oxazole rings is 1. The number of hydrogen-bond donors (Lipinski definition) is 2. The maximum atomic E-state index is 12.8. The van der Waals surface area contributed by atoms with Gasteiger partial charge in [-0.25, -0.2) is 4.98 Å². The van der Waals surface area contributed by atoms with Crippen LogP contribution in [0, 0.1) is 0 Å². The molecule has 0 saturated heterocycles. The maximum Gasteiger partial charge on any atom is 0.416 e. The standard InChI is InChI=1S/C15H13F6N3O2/c1-7(22)13-24-11(6-26-13)12(25)23-5-8-2-9(14(16,17)18)4-10(3-8)15(19,20)21/h2-4,6-7H,5,22H2,1H3,(H,23,25). The molecule has 0 fully saturated rings. The molecule has 1 atom stereocenters. The highest BCUT2D eigenvalue weighted by molar-refractivity contribution is 5.91. The Kier molecular flexibility index (Phi) is 5.31. The maximum absolute atomic E-state index is 12.8. The molecule has 5 nitrogen and oxygen atoms in total. The molecule has 2 aromatic rings. The summed E-state index contributed by atoms with van der Waals surface area (Å²) >= 11 is 0. The molecule has 0 aliphatic heterocycles. The second-order valence-electron chi connectivity index (χ2n) is 5.46. The number of rotatable bonds is 4. The molecule has 0 bridgehead atoms. The average molecular weight is 381 g/mol. The van der Waals surface area contributed by atoms with Crippen LogP contribution in [0.25, 0.3) is 0 Å². The number of nitrogens with zero attached hydrogens (tertiary/aromatic N) is 1. The fourth-order valence-corrected chi connectivity index (χ4v) is 2.00. The second kappa shape index (κ2) is 6.98. The summed E-state index contributed by atoms with van der Waals surface area (Å²) in [7, 11) is 0. The highest BCUT2D eigenvalue weighted by Gasteiger charge is 2.36. The molecular formula is C15H13F6N3O2. The third kappa shape index (κ3) is 4.75. The lowest BCUT2D eigenvalue weighted by Gasteiger charge is -2.14. The molecule has 142 valence electrons. The number of hydrogen-bond acceptors (Lipinski definition) is 4. The van der Waals surface area contributed by atoms with Crippen LogP contribution in [0.3, 0.4) is 0 Å². The highest BCUT2D eigenvalue weighted by atomic mass is 19.4. The number of amides is 1. The first-order valence-electron chi connectivity index (χ1n) is 7.15. The van der Waals surface area contributed by atoms with Crippen LogP contribution in [0.4, 0.5) is 26.3 Å². The second-order valence-corrected chi connectivity index (χ2v) is 5.46. The van der Waals surface area contributed by atoms with Crippen molar-refractivity contribution in [2.45, 2.75) is 31.9 Å². The summed E-state index contributed by atoms with van der Waals surface area (Å²) in [4.78, 5) is 15.7. The third-order valence-electron chi connectivity index (χ3n) is 3.24. The van der Waals surface area contributed by atoms with Crippen molar-refractivity contribution in [2.24, 2.45) is 5.73 Å². The topological polar surface area (TPSA) is 81.1 Å². The van der Waals surface area contributed by atoms with E-state index < -0.39 is 42.0 Å². The Hall–Kier alpha value is -2.56. The van der Waals surface area contributed by atoms with Crippen LogP contribution in [0.2, 0.25) is 0 Å². The summed E-state index contributed by atoms with van der Waals surface area (Å²) in [6.45, 7) is 0.987. The van der Waals surface area contributed by atoms with Gasteiger partial charge in [-0.15, -0.1) is 0 Å². The summed E-state index contributed by atoms with van der Waals surface area (Å²) < 4.78 is 81.7. The van der Waals surface area contributed by atoms with Crippen molar-refractivity contribution >= 4 is 5.91 Å². The predicted molar refractivity (Wildman–Crippen MR) is 76.7 cm³/mol. The van der Waals surface area contributed by atoms with Gasteiger partial charge in [-0.3, -0.25) is 4.79 Å². The van der Waals surface area contributed by atoms with Crippen molar-refractivity contribution in [1.29, 1.82) is 0 Å². The van der Waals surface area contributed by atoms with E-state index in [0.29, 0.717) is 12.1 Å². The van der Waals surface area contributed by atoms with E-state index in [0.717, 1.165) is 6.26 Å². The quantitative estimate of drug-likeness (QED) is 0.792. The van der Waals surface area contributed by atoms with Crippen LogP contribution < -0.4 is 11.1 Å². The summed E-state index contributed by atoms with van der Waals surface area (Å²) in [5.41, 5.74) is 2.03. The van der Waals surface area contributed by atoms with Gasteiger partial charge in [0.1, 0.15) is 6.26 Å². The summed E-state index contributed by atoms with van der Waals surface area (Å²) in [5, 5.41) is 2.19. The molecule has 26 heavy (non-hydrogen) atoms. The van der Waals surface area contributed by atoms with E-state index in [9.17, 15) is 31.1 Å². The summed E-state index contributed by atoms with van der Waals surface area (Å²) in [6.07, 6.45) is -8.93. The molecule has 1 aromatic heterocycles. The number of aromatic nitrogens is 1. The largest absolute Gasteiger partial charge is 0.446 e. The lowest BCUT2D eigenvalue weighted by atomic mass is 10.0. The third-order valence-corrected chi connectivity index (χ3v) is 3.24. The molecule has 0 aliphatic rings. The van der Waals surface area contributed by atoms with Crippen molar-refractivity contribution in [3.63, 3.8) is 0 Å². The first kappa shape index (κ1) is 19.8. The molecule has 0 saturated carbocycles. The highest BCUT2D eigenvalue weighted by Crippen LogP contribution is 2.36. The molecule has 1 unspecified atom stereocenters. The van der Waals surface area contributed by atoms with E-state index in [1.807, 2.05) is 0 Å². The Morgan fingerprint density at radius 2 is 1.69 bits per heavy atom. The minimum Gasteiger partial charge on any atom is -0.446 e. The van der Waals surface area contributed by atoms with E-state index in [2.05, 4.69) is 10.3 Å². The molecule has 1 amide bonds. The molecule has 1 aromatic carbocycles. The molecule has 1 heterocycles. The van der Waals surface area contributed by atoms with Gasteiger partial charge in [0.25, 0.3) is 5.91 Å². The van der Waals surface area contributed by atoms with E-state index in [1.54, 1.807) is 6.92 Å². The SMILES string of the molecule is CC(N)c1nc(C(=O)NCc2cc(C(F)(F)F)cc(C(F)(F)F)c2)co1. The Balaban J connectivity index is 2.21. The number of carbonyl (C=O) groups is 1. The van der Waals surface area contributed by atoms with Crippen molar-refractivity contribution in [3.05, 3.63) is 52.7 Å². The Morgan fingerprint density at radius 3 is 2.12 bits per heavy atom. The van der Waals surface area contributed by atoms with Crippen LogP contribution in [0.5, 0.6) is 0 Å². The smallest absolute Gasteiger partial charge is 0.416 e. The number of nitrogens with two attached hydrogens (primary N) is 1. The van der Waals surface area contributed by atoms with Crippen LogP contribution in [0.1, 0.15) is 46.0 Å². The van der Waals surface area contributed by atoms with Crippen molar-refractivity contribution in [3.8, 4) is 0 Å². The van der Waals surface area contributed by atoms with Gasteiger partial charge < -0.3 is 15.5 Å². The van der Waals surface area contributed by atoms with Crippen molar-refractivity contribution in [1.82, 2.24) is 10.3 Å². The zero-order valence-electron chi connectivity index (χ0n) is 13.2. The Morgan fingerprint density at radius 1 is 1.15 bits per heavy atom. The summed E-state index contributed by atoms with van der Waals surface area (Å²) in [6, 6.07) is 0.490. The zero-order valence-corrected chi connectivity index (χ0v) is 13.2. The molecule has 0 spiro atoms. The predicted octanol–water partition coefficient (Wildman–Crippen LogP) is 3.66. The minimum absolute atomic E-state index is 0.0118. The number of alkyl halides is 6. The van der Waals surface area contributed by atoms with Gasteiger partial charge >= 0.3 is 12.4 Å². The Bertz CT molecular complexity index is 763. The molecule has 11 heteroatoms. The van der Waals surface area contributed by atoms with Crippen LogP contribution in [-0.2, 0) is 18.9 Å².